The third-order valence-corrected chi connectivity index (χ3v) is 9.35. The Morgan fingerprint density at radius 1 is 0.922 bits per heavy atom. The SMILES string of the molecule is Cn1nc(C(=O)N[C@H]2CC[C@H](NC(=O)c3cc(F)cnc3Oc3cccc(-c4ccc(CCCN5CCNCC5)cc4)c3)CC2)cc1C(F)(F)F. The molecular weight excluding hydrogens is 666 g/mol. The van der Waals surface area contributed by atoms with Gasteiger partial charge in [-0.1, -0.05) is 36.4 Å². The highest BCUT2D eigenvalue weighted by molar-refractivity contribution is 5.96. The number of hydrogen-bond acceptors (Lipinski definition) is 7. The summed E-state index contributed by atoms with van der Waals surface area (Å²) in [7, 11) is 1.13. The summed E-state index contributed by atoms with van der Waals surface area (Å²) < 4.78 is 60.3. The van der Waals surface area contributed by atoms with Crippen molar-refractivity contribution in [1.82, 2.24) is 35.6 Å². The van der Waals surface area contributed by atoms with Crippen LogP contribution in [0.1, 0.15) is 64.2 Å². The van der Waals surface area contributed by atoms with E-state index in [1.165, 1.54) is 5.56 Å². The van der Waals surface area contributed by atoms with Crippen LogP contribution in [0, 0.1) is 5.82 Å². The molecule has 0 radical (unpaired) electrons. The van der Waals surface area contributed by atoms with Gasteiger partial charge in [0.15, 0.2) is 5.69 Å². The Balaban J connectivity index is 1.02. The highest BCUT2D eigenvalue weighted by Crippen LogP contribution is 2.31. The Morgan fingerprint density at radius 2 is 1.61 bits per heavy atom. The molecule has 1 aliphatic heterocycles. The summed E-state index contributed by atoms with van der Waals surface area (Å²) in [6, 6.07) is 17.1. The number of carbonyl (C=O) groups is 2. The van der Waals surface area contributed by atoms with Gasteiger partial charge >= 0.3 is 6.18 Å². The second kappa shape index (κ2) is 16.0. The molecule has 0 bridgehead atoms. The van der Waals surface area contributed by atoms with Crippen LogP contribution in [-0.4, -0.2) is 76.3 Å². The van der Waals surface area contributed by atoms with Gasteiger partial charge in [0.1, 0.15) is 22.8 Å². The molecule has 6 rings (SSSR count). The molecule has 1 saturated carbocycles. The molecule has 4 aromatic rings. The standard InChI is InChI=1S/C37H41F4N7O3/c1-47-33(37(39,40)41)22-32(46-47)35(50)45-29-13-11-28(12-14-29)44-34(49)31-21-27(38)23-43-36(31)51-30-6-2-5-26(20-30)25-9-7-24(8-10-25)4-3-17-48-18-15-42-16-19-48/h2,5-10,20-23,28-29,42H,3-4,11-19H2,1H3,(H,44,49)(H,45,50)/t28-,29-. The fourth-order valence-corrected chi connectivity index (χ4v) is 6.57. The molecule has 2 aliphatic rings. The minimum atomic E-state index is -4.62. The fourth-order valence-electron chi connectivity index (χ4n) is 6.57. The molecule has 10 nitrogen and oxygen atoms in total. The molecule has 1 saturated heterocycles. The maximum Gasteiger partial charge on any atom is 0.433 e. The topological polar surface area (TPSA) is 113 Å². The highest BCUT2D eigenvalue weighted by atomic mass is 19.4. The minimum absolute atomic E-state index is 0.0413. The van der Waals surface area contributed by atoms with E-state index in [-0.39, 0.29) is 29.2 Å². The summed E-state index contributed by atoms with van der Waals surface area (Å²) >= 11 is 0. The maximum absolute atomic E-state index is 14.3. The summed E-state index contributed by atoms with van der Waals surface area (Å²) in [4.78, 5) is 32.5. The van der Waals surface area contributed by atoms with Crippen molar-refractivity contribution >= 4 is 11.8 Å². The number of nitrogens with one attached hydrogen (secondary N) is 3. The van der Waals surface area contributed by atoms with E-state index in [9.17, 15) is 27.2 Å². The predicted octanol–water partition coefficient (Wildman–Crippen LogP) is 5.74. The number of halogens is 4. The maximum atomic E-state index is 14.3. The van der Waals surface area contributed by atoms with Gasteiger partial charge in [-0.05, 0) is 80.0 Å². The van der Waals surface area contributed by atoms with Gasteiger partial charge in [-0.15, -0.1) is 0 Å². The number of benzene rings is 2. The molecule has 3 N–H and O–H groups in total. The van der Waals surface area contributed by atoms with Crippen LogP contribution in [0.3, 0.4) is 0 Å². The van der Waals surface area contributed by atoms with E-state index in [1.807, 2.05) is 18.2 Å². The molecule has 0 spiro atoms. The van der Waals surface area contributed by atoms with E-state index < -0.39 is 29.5 Å². The fraction of sp³-hybridized carbons (Fsp3) is 0.405. The molecule has 0 unspecified atom stereocenters. The van der Waals surface area contributed by atoms with E-state index in [4.69, 9.17) is 4.74 Å². The number of piperazine rings is 1. The lowest BCUT2D eigenvalue weighted by molar-refractivity contribution is -0.143. The predicted molar refractivity (Wildman–Crippen MR) is 183 cm³/mol. The molecule has 0 atom stereocenters. The van der Waals surface area contributed by atoms with Crippen LogP contribution in [0.15, 0.2) is 66.9 Å². The van der Waals surface area contributed by atoms with Crippen LogP contribution < -0.4 is 20.7 Å². The Bertz CT molecular complexity index is 1820. The smallest absolute Gasteiger partial charge is 0.433 e. The normalized spacial score (nSPS) is 18.3. The van der Waals surface area contributed by atoms with E-state index in [0.717, 1.165) is 82.1 Å². The quantitative estimate of drug-likeness (QED) is 0.171. The zero-order chi connectivity index (χ0) is 36.0. The number of alkyl halides is 3. The zero-order valence-corrected chi connectivity index (χ0v) is 28.3. The molecule has 2 aromatic heterocycles. The van der Waals surface area contributed by atoms with Gasteiger partial charge in [-0.25, -0.2) is 9.37 Å². The lowest BCUT2D eigenvalue weighted by Crippen LogP contribution is -2.44. The highest BCUT2D eigenvalue weighted by Gasteiger charge is 2.36. The summed E-state index contributed by atoms with van der Waals surface area (Å²) in [6.45, 7) is 5.38. The van der Waals surface area contributed by atoms with Crippen molar-refractivity contribution in [2.75, 3.05) is 32.7 Å². The van der Waals surface area contributed by atoms with Crippen LogP contribution in [0.25, 0.3) is 11.1 Å². The third kappa shape index (κ3) is 9.50. The molecule has 2 aromatic carbocycles. The van der Waals surface area contributed by atoms with Crippen LogP contribution in [-0.2, 0) is 19.6 Å². The second-order valence-electron chi connectivity index (χ2n) is 13.1. The van der Waals surface area contributed by atoms with Crippen LogP contribution in [0.2, 0.25) is 0 Å². The van der Waals surface area contributed by atoms with Crippen LogP contribution in [0.5, 0.6) is 11.6 Å². The van der Waals surface area contributed by atoms with Crippen LogP contribution >= 0.6 is 0 Å². The van der Waals surface area contributed by atoms with Crippen molar-refractivity contribution < 1.29 is 31.9 Å². The number of aromatic nitrogens is 3. The van der Waals surface area contributed by atoms with Crippen molar-refractivity contribution in [3.63, 3.8) is 0 Å². The first-order valence-electron chi connectivity index (χ1n) is 17.2. The number of aryl methyl sites for hydroxylation is 2. The molecule has 2 fully saturated rings. The third-order valence-electron chi connectivity index (χ3n) is 9.35. The molecule has 51 heavy (non-hydrogen) atoms. The van der Waals surface area contributed by atoms with Gasteiger partial charge in [0.2, 0.25) is 5.88 Å². The largest absolute Gasteiger partial charge is 0.438 e. The second-order valence-corrected chi connectivity index (χ2v) is 13.1. The lowest BCUT2D eigenvalue weighted by atomic mass is 9.91. The Labute approximate surface area is 293 Å². The number of ether oxygens (including phenoxy) is 1. The molecule has 2 amide bonds. The summed E-state index contributed by atoms with van der Waals surface area (Å²) in [5.41, 5.74) is 1.81. The zero-order valence-electron chi connectivity index (χ0n) is 28.3. The summed E-state index contributed by atoms with van der Waals surface area (Å²) in [5.74, 6) is -1.54. The average molecular weight is 708 g/mol. The molecule has 14 heteroatoms. The van der Waals surface area contributed by atoms with Gasteiger partial charge in [0.05, 0.1) is 6.20 Å². The molecular formula is C37H41F4N7O3. The Kier molecular flexibility index (Phi) is 11.3. The number of pyridine rings is 1. The van der Waals surface area contributed by atoms with Gasteiger partial charge in [-0.3, -0.25) is 14.3 Å². The van der Waals surface area contributed by atoms with Crippen molar-refractivity contribution in [2.45, 2.75) is 56.8 Å². The van der Waals surface area contributed by atoms with Gasteiger partial charge in [0, 0.05) is 51.4 Å². The molecule has 1 aliphatic carbocycles. The molecule has 3 heterocycles. The number of nitrogens with zero attached hydrogens (tertiary/aromatic N) is 4. The van der Waals surface area contributed by atoms with Gasteiger partial charge in [0.25, 0.3) is 11.8 Å². The van der Waals surface area contributed by atoms with Crippen LogP contribution in [0.4, 0.5) is 17.6 Å². The monoisotopic (exact) mass is 707 g/mol. The first-order valence-corrected chi connectivity index (χ1v) is 17.2. The summed E-state index contributed by atoms with van der Waals surface area (Å²) in [6.07, 6.45) is 0.408. The number of rotatable bonds is 11. The first-order chi connectivity index (χ1) is 24.5. The Morgan fingerprint density at radius 3 is 2.27 bits per heavy atom. The van der Waals surface area contributed by atoms with E-state index in [0.29, 0.717) is 36.1 Å². The lowest BCUT2D eigenvalue weighted by Gasteiger charge is -2.29. The van der Waals surface area contributed by atoms with Crippen molar-refractivity contribution in [2.24, 2.45) is 7.05 Å². The minimum Gasteiger partial charge on any atom is -0.438 e. The van der Waals surface area contributed by atoms with Crippen molar-refractivity contribution in [3.8, 4) is 22.8 Å². The van der Waals surface area contributed by atoms with E-state index >= 15 is 0 Å². The number of hydrogen-bond donors (Lipinski definition) is 3. The summed E-state index contributed by atoms with van der Waals surface area (Å²) in [5, 5.41) is 12.7. The van der Waals surface area contributed by atoms with Gasteiger partial charge < -0.3 is 25.6 Å². The first kappa shape index (κ1) is 36.0. The Hall–Kier alpha value is -4.82. The number of amides is 2. The van der Waals surface area contributed by atoms with E-state index in [2.05, 4.69) is 55.2 Å². The number of carbonyl (C=O) groups excluding carboxylic acids is 2. The van der Waals surface area contributed by atoms with Crippen molar-refractivity contribution in [1.29, 1.82) is 0 Å². The average Bonchev–Trinajstić information content (AvgIpc) is 3.53. The van der Waals surface area contributed by atoms with Gasteiger partial charge in [-0.2, -0.15) is 18.3 Å². The van der Waals surface area contributed by atoms with Crippen molar-refractivity contribution in [3.05, 3.63) is 95.2 Å². The molecule has 270 valence electrons. The van der Waals surface area contributed by atoms with E-state index in [1.54, 1.807) is 6.07 Å².